The Hall–Kier alpha value is -2.96. The van der Waals surface area contributed by atoms with Gasteiger partial charge in [0, 0.05) is 11.8 Å². The summed E-state index contributed by atoms with van der Waals surface area (Å²) < 4.78 is 13.7. The van der Waals surface area contributed by atoms with Gasteiger partial charge in [-0.05, 0) is 30.7 Å². The number of carbonyl (C=O) groups is 1. The Morgan fingerprint density at radius 1 is 1.33 bits per heavy atom. The molecule has 0 aliphatic heterocycles. The summed E-state index contributed by atoms with van der Waals surface area (Å²) in [5.41, 5.74) is 5.63. The molecular weight excluding hydrogens is 277 g/mol. The molecule has 2 aromatic rings. The molecule has 2 aromatic carbocycles. The van der Waals surface area contributed by atoms with Crippen LogP contribution in [0.1, 0.15) is 15.9 Å². The molecule has 0 aliphatic rings. The van der Waals surface area contributed by atoms with Crippen molar-refractivity contribution in [2.24, 2.45) is 0 Å². The Kier molecular flexibility index (Phi) is 3.84. The van der Waals surface area contributed by atoms with Gasteiger partial charge in [0.15, 0.2) is 0 Å². The van der Waals surface area contributed by atoms with Gasteiger partial charge >= 0.3 is 0 Å². The lowest BCUT2D eigenvalue weighted by atomic mass is 10.1. The quantitative estimate of drug-likeness (QED) is 0.515. The van der Waals surface area contributed by atoms with E-state index >= 15 is 0 Å². The van der Waals surface area contributed by atoms with Gasteiger partial charge in [-0.25, -0.2) is 4.39 Å². The van der Waals surface area contributed by atoms with Crippen LogP contribution in [0.4, 0.5) is 21.5 Å². The van der Waals surface area contributed by atoms with E-state index in [9.17, 15) is 19.3 Å². The zero-order chi connectivity index (χ0) is 15.6. The number of amides is 1. The second kappa shape index (κ2) is 5.58. The van der Waals surface area contributed by atoms with Crippen LogP contribution < -0.4 is 11.1 Å². The number of rotatable bonds is 3. The normalized spacial score (nSPS) is 10.2. The monoisotopic (exact) mass is 289 g/mol. The number of aryl methyl sites for hydroxylation is 1. The van der Waals surface area contributed by atoms with Crippen LogP contribution in [0.2, 0.25) is 0 Å². The van der Waals surface area contributed by atoms with Crippen molar-refractivity contribution in [1.29, 1.82) is 0 Å². The number of halogens is 1. The zero-order valence-electron chi connectivity index (χ0n) is 11.1. The molecule has 0 heterocycles. The maximum absolute atomic E-state index is 13.7. The van der Waals surface area contributed by atoms with Gasteiger partial charge in [-0.1, -0.05) is 12.1 Å². The van der Waals surface area contributed by atoms with Gasteiger partial charge in [-0.2, -0.15) is 0 Å². The number of hydrogen-bond donors (Lipinski definition) is 2. The van der Waals surface area contributed by atoms with E-state index in [4.69, 9.17) is 5.73 Å². The van der Waals surface area contributed by atoms with Crippen molar-refractivity contribution in [2.45, 2.75) is 6.92 Å². The number of nitrogens with two attached hydrogens (primary N) is 1. The molecule has 0 bridgehead atoms. The molecule has 0 atom stereocenters. The molecule has 0 spiro atoms. The summed E-state index contributed by atoms with van der Waals surface area (Å²) >= 11 is 0. The van der Waals surface area contributed by atoms with E-state index < -0.39 is 22.3 Å². The van der Waals surface area contributed by atoms with E-state index in [1.807, 2.05) is 0 Å². The Bertz CT molecular complexity index is 711. The first-order chi connectivity index (χ1) is 9.90. The molecule has 7 heteroatoms. The smallest absolute Gasteiger partial charge is 0.282 e. The Labute approximate surface area is 119 Å². The summed E-state index contributed by atoms with van der Waals surface area (Å²) in [4.78, 5) is 22.4. The molecule has 3 N–H and O–H groups in total. The summed E-state index contributed by atoms with van der Waals surface area (Å²) in [6.07, 6.45) is 0. The van der Waals surface area contributed by atoms with Crippen LogP contribution in [0.5, 0.6) is 0 Å². The van der Waals surface area contributed by atoms with Gasteiger partial charge in [-0.3, -0.25) is 14.9 Å². The highest BCUT2D eigenvalue weighted by atomic mass is 19.1. The van der Waals surface area contributed by atoms with Crippen molar-refractivity contribution in [3.63, 3.8) is 0 Å². The lowest BCUT2D eigenvalue weighted by Crippen LogP contribution is -2.16. The molecule has 1 amide bonds. The van der Waals surface area contributed by atoms with Crippen LogP contribution in [0, 0.1) is 22.9 Å². The highest BCUT2D eigenvalue weighted by molar-refractivity contribution is 6.08. The molecule has 0 aliphatic carbocycles. The molecular formula is C14H12FN3O3. The lowest BCUT2D eigenvalue weighted by molar-refractivity contribution is -0.385. The van der Waals surface area contributed by atoms with Crippen molar-refractivity contribution >= 4 is 23.0 Å². The molecule has 0 fully saturated rings. The third kappa shape index (κ3) is 2.97. The summed E-state index contributed by atoms with van der Waals surface area (Å²) in [5.74, 6) is -1.41. The third-order valence-electron chi connectivity index (χ3n) is 2.92. The highest BCUT2D eigenvalue weighted by Crippen LogP contribution is 2.24. The summed E-state index contributed by atoms with van der Waals surface area (Å²) in [6.45, 7) is 1.62. The van der Waals surface area contributed by atoms with E-state index in [1.54, 1.807) is 13.0 Å². The largest absolute Gasteiger partial charge is 0.399 e. The van der Waals surface area contributed by atoms with Crippen LogP contribution in [-0.2, 0) is 0 Å². The van der Waals surface area contributed by atoms with E-state index in [-0.39, 0.29) is 16.9 Å². The standard InChI is InChI=1S/C14H12FN3O3/c1-8-3-2-4-11(15)13(8)17-14(19)10-7-9(16)5-6-12(10)18(20)21/h2-7H,16H2,1H3,(H,17,19). The van der Waals surface area contributed by atoms with Crippen LogP contribution in [-0.4, -0.2) is 10.8 Å². The van der Waals surface area contributed by atoms with Crippen LogP contribution in [0.15, 0.2) is 36.4 Å². The maximum atomic E-state index is 13.7. The van der Waals surface area contributed by atoms with E-state index in [1.165, 1.54) is 24.3 Å². The minimum absolute atomic E-state index is 0.0146. The molecule has 0 aromatic heterocycles. The molecule has 108 valence electrons. The first-order valence-corrected chi connectivity index (χ1v) is 6.00. The highest BCUT2D eigenvalue weighted by Gasteiger charge is 2.21. The SMILES string of the molecule is Cc1cccc(F)c1NC(=O)c1cc(N)ccc1[N+](=O)[O-]. The number of nitrogen functional groups attached to an aromatic ring is 1. The Morgan fingerprint density at radius 3 is 2.67 bits per heavy atom. The molecule has 2 rings (SSSR count). The topological polar surface area (TPSA) is 98.3 Å². The van der Waals surface area contributed by atoms with Crippen molar-refractivity contribution in [3.8, 4) is 0 Å². The number of nitrogens with zero attached hydrogens (tertiary/aromatic N) is 1. The van der Waals surface area contributed by atoms with E-state index in [0.717, 1.165) is 6.07 Å². The fraction of sp³-hybridized carbons (Fsp3) is 0.0714. The van der Waals surface area contributed by atoms with Crippen molar-refractivity contribution in [2.75, 3.05) is 11.1 Å². The lowest BCUT2D eigenvalue weighted by Gasteiger charge is -2.10. The predicted molar refractivity (Wildman–Crippen MR) is 76.6 cm³/mol. The number of nitro groups is 1. The maximum Gasteiger partial charge on any atom is 0.282 e. The first kappa shape index (κ1) is 14.4. The van der Waals surface area contributed by atoms with Crippen molar-refractivity contribution in [1.82, 2.24) is 0 Å². The second-order valence-electron chi connectivity index (χ2n) is 4.42. The van der Waals surface area contributed by atoms with Crippen molar-refractivity contribution < 1.29 is 14.1 Å². The van der Waals surface area contributed by atoms with E-state index in [2.05, 4.69) is 5.32 Å². The van der Waals surface area contributed by atoms with Gasteiger partial charge < -0.3 is 11.1 Å². The number of hydrogen-bond acceptors (Lipinski definition) is 4. The molecule has 21 heavy (non-hydrogen) atoms. The summed E-state index contributed by atoms with van der Waals surface area (Å²) in [7, 11) is 0. The van der Waals surface area contributed by atoms with Gasteiger partial charge in [-0.15, -0.1) is 0 Å². The Morgan fingerprint density at radius 2 is 2.05 bits per heavy atom. The number of anilines is 2. The predicted octanol–water partition coefficient (Wildman–Crippen LogP) is 2.88. The average Bonchev–Trinajstić information content (AvgIpc) is 2.42. The number of carbonyl (C=O) groups excluding carboxylic acids is 1. The number of nitro benzene ring substituents is 1. The molecule has 0 saturated carbocycles. The average molecular weight is 289 g/mol. The van der Waals surface area contributed by atoms with Gasteiger partial charge in [0.1, 0.15) is 11.4 Å². The number of nitrogens with one attached hydrogen (secondary N) is 1. The first-order valence-electron chi connectivity index (χ1n) is 6.00. The minimum atomic E-state index is -0.790. The van der Waals surface area contributed by atoms with Crippen LogP contribution >= 0.6 is 0 Å². The third-order valence-corrected chi connectivity index (χ3v) is 2.92. The summed E-state index contributed by atoms with van der Waals surface area (Å²) in [6, 6.07) is 7.96. The summed E-state index contributed by atoms with van der Waals surface area (Å²) in [5, 5.41) is 13.3. The van der Waals surface area contributed by atoms with Gasteiger partial charge in [0.05, 0.1) is 10.6 Å². The number of para-hydroxylation sites is 1. The molecule has 0 unspecified atom stereocenters. The Balaban J connectivity index is 2.41. The van der Waals surface area contributed by atoms with Gasteiger partial charge in [0.2, 0.25) is 0 Å². The zero-order valence-corrected chi connectivity index (χ0v) is 11.1. The second-order valence-corrected chi connectivity index (χ2v) is 4.42. The van der Waals surface area contributed by atoms with Gasteiger partial charge in [0.25, 0.3) is 11.6 Å². The van der Waals surface area contributed by atoms with Crippen LogP contribution in [0.3, 0.4) is 0 Å². The van der Waals surface area contributed by atoms with Crippen LogP contribution in [0.25, 0.3) is 0 Å². The molecule has 0 radical (unpaired) electrons. The molecule has 0 saturated heterocycles. The fourth-order valence-corrected chi connectivity index (χ4v) is 1.87. The minimum Gasteiger partial charge on any atom is -0.399 e. The van der Waals surface area contributed by atoms with E-state index in [0.29, 0.717) is 5.56 Å². The fourth-order valence-electron chi connectivity index (χ4n) is 1.87. The number of benzene rings is 2. The van der Waals surface area contributed by atoms with Crippen molar-refractivity contribution in [3.05, 3.63) is 63.5 Å². The molecule has 6 nitrogen and oxygen atoms in total.